The first-order chi connectivity index (χ1) is 13.3. The number of hydrogen-bond donors (Lipinski definition) is 3. The number of para-hydroxylation sites is 1. The van der Waals surface area contributed by atoms with E-state index in [0.29, 0.717) is 31.6 Å². The van der Waals surface area contributed by atoms with Crippen molar-refractivity contribution in [3.8, 4) is 0 Å². The van der Waals surface area contributed by atoms with Crippen molar-refractivity contribution in [1.82, 2.24) is 10.2 Å². The van der Waals surface area contributed by atoms with Gasteiger partial charge in [0.2, 0.25) is 5.91 Å². The second-order valence-electron chi connectivity index (χ2n) is 6.93. The first-order valence-corrected chi connectivity index (χ1v) is 9.18. The molecule has 2 rings (SSSR count). The third-order valence-corrected chi connectivity index (χ3v) is 4.39. The Morgan fingerprint density at radius 1 is 1.18 bits per heavy atom. The number of carbonyl (C=O) groups excluding carboxylic acids is 4. The Morgan fingerprint density at radius 3 is 2.43 bits per heavy atom. The van der Waals surface area contributed by atoms with Crippen LogP contribution in [0.5, 0.6) is 0 Å². The van der Waals surface area contributed by atoms with Crippen LogP contribution in [0.3, 0.4) is 0 Å². The Balaban J connectivity index is 1.90. The van der Waals surface area contributed by atoms with Crippen molar-refractivity contribution in [3.05, 3.63) is 29.8 Å². The minimum Gasteiger partial charge on any atom is -0.452 e. The number of hydrogen-bond acceptors (Lipinski definition) is 5. The number of esters is 1. The number of likely N-dealkylation sites (tertiary alicyclic amines) is 1. The van der Waals surface area contributed by atoms with Crippen LogP contribution in [0, 0.1) is 5.92 Å². The van der Waals surface area contributed by atoms with E-state index in [0.717, 1.165) is 0 Å². The van der Waals surface area contributed by atoms with Crippen LogP contribution in [0.1, 0.15) is 37.0 Å². The Bertz CT molecular complexity index is 742. The molecule has 1 aliphatic heterocycles. The summed E-state index contributed by atoms with van der Waals surface area (Å²) < 4.78 is 5.13. The molecule has 0 unspecified atom stereocenters. The highest BCUT2D eigenvalue weighted by molar-refractivity contribution is 6.01. The van der Waals surface area contributed by atoms with Gasteiger partial charge in [0.1, 0.15) is 0 Å². The van der Waals surface area contributed by atoms with Gasteiger partial charge in [0.15, 0.2) is 6.61 Å². The summed E-state index contributed by atoms with van der Waals surface area (Å²) in [6.45, 7) is 4.02. The molecule has 1 heterocycles. The lowest BCUT2D eigenvalue weighted by molar-refractivity contribution is -0.137. The molecular weight excluding hydrogens is 364 g/mol. The highest BCUT2D eigenvalue weighted by Crippen LogP contribution is 2.18. The van der Waals surface area contributed by atoms with Crippen LogP contribution in [0.25, 0.3) is 0 Å². The van der Waals surface area contributed by atoms with Crippen molar-refractivity contribution in [2.45, 2.75) is 32.7 Å². The summed E-state index contributed by atoms with van der Waals surface area (Å²) in [6.07, 6.45) is 1.01. The number of piperidine rings is 1. The highest BCUT2D eigenvalue weighted by atomic mass is 16.5. The van der Waals surface area contributed by atoms with E-state index in [-0.39, 0.29) is 29.3 Å². The molecule has 0 radical (unpaired) electrons. The second kappa shape index (κ2) is 9.72. The second-order valence-corrected chi connectivity index (χ2v) is 6.93. The number of carbonyl (C=O) groups is 4. The van der Waals surface area contributed by atoms with Crippen LogP contribution in [0.2, 0.25) is 0 Å². The molecule has 0 aromatic heterocycles. The molecule has 1 aromatic carbocycles. The molecule has 1 fully saturated rings. The van der Waals surface area contributed by atoms with Crippen molar-refractivity contribution >= 4 is 29.5 Å². The number of ether oxygens (including phenoxy) is 1. The van der Waals surface area contributed by atoms with Gasteiger partial charge in [-0.25, -0.2) is 9.59 Å². The highest BCUT2D eigenvalue weighted by Gasteiger charge is 2.26. The maximum atomic E-state index is 12.4. The van der Waals surface area contributed by atoms with E-state index in [2.05, 4.69) is 10.6 Å². The topological polar surface area (TPSA) is 131 Å². The Morgan fingerprint density at radius 2 is 1.82 bits per heavy atom. The number of nitrogens with one attached hydrogen (secondary N) is 2. The molecule has 0 aliphatic carbocycles. The molecule has 1 aromatic rings. The van der Waals surface area contributed by atoms with Gasteiger partial charge in [-0.05, 0) is 38.8 Å². The lowest BCUT2D eigenvalue weighted by atomic mass is 9.96. The number of primary amides is 1. The standard InChI is InChI=1S/C19H26N4O5/c1-12(2)21-19(27)22-15-6-4-3-5-14(15)18(26)28-11-16(24)23-9-7-13(8-10-23)17(20)25/h3-6,12-13H,7-11H2,1-2H3,(H2,20,25)(H2,21,22,27). The first kappa shape index (κ1) is 21.2. The molecule has 9 heteroatoms. The molecule has 0 bridgehead atoms. The summed E-state index contributed by atoms with van der Waals surface area (Å²) in [6, 6.07) is 5.90. The van der Waals surface area contributed by atoms with Gasteiger partial charge >= 0.3 is 12.0 Å². The third-order valence-electron chi connectivity index (χ3n) is 4.39. The monoisotopic (exact) mass is 390 g/mol. The zero-order valence-electron chi connectivity index (χ0n) is 16.1. The largest absolute Gasteiger partial charge is 0.452 e. The molecule has 28 heavy (non-hydrogen) atoms. The van der Waals surface area contributed by atoms with Gasteiger partial charge in [-0.15, -0.1) is 0 Å². The van der Waals surface area contributed by atoms with Gasteiger partial charge in [-0.1, -0.05) is 12.1 Å². The van der Waals surface area contributed by atoms with Crippen molar-refractivity contribution in [1.29, 1.82) is 0 Å². The lowest BCUT2D eigenvalue weighted by Gasteiger charge is -2.30. The third kappa shape index (κ3) is 5.97. The summed E-state index contributed by atoms with van der Waals surface area (Å²) in [5, 5.41) is 5.27. The van der Waals surface area contributed by atoms with Crippen LogP contribution in [-0.4, -0.2) is 54.5 Å². The molecule has 4 amide bonds. The van der Waals surface area contributed by atoms with Gasteiger partial charge in [0.25, 0.3) is 5.91 Å². The Labute approximate surface area is 163 Å². The Hall–Kier alpha value is -3.10. The van der Waals surface area contributed by atoms with Crippen molar-refractivity contribution in [2.75, 3.05) is 25.0 Å². The van der Waals surface area contributed by atoms with E-state index in [1.54, 1.807) is 23.1 Å². The van der Waals surface area contributed by atoms with Crippen molar-refractivity contribution < 1.29 is 23.9 Å². The van der Waals surface area contributed by atoms with E-state index in [9.17, 15) is 19.2 Å². The smallest absolute Gasteiger partial charge is 0.340 e. The predicted octanol–water partition coefficient (Wildman–Crippen LogP) is 1.10. The van der Waals surface area contributed by atoms with Crippen LogP contribution < -0.4 is 16.4 Å². The number of nitrogens with two attached hydrogens (primary N) is 1. The maximum absolute atomic E-state index is 12.4. The average molecular weight is 390 g/mol. The number of benzene rings is 1. The SMILES string of the molecule is CC(C)NC(=O)Nc1ccccc1C(=O)OCC(=O)N1CCC(C(N)=O)CC1. The van der Waals surface area contributed by atoms with Crippen molar-refractivity contribution in [3.63, 3.8) is 0 Å². The summed E-state index contributed by atoms with van der Waals surface area (Å²) in [4.78, 5) is 49.2. The molecule has 0 saturated carbocycles. The van der Waals surface area contributed by atoms with Gasteiger partial charge in [0, 0.05) is 25.0 Å². The van der Waals surface area contributed by atoms with Crippen LogP contribution in [0.15, 0.2) is 24.3 Å². The molecule has 0 spiro atoms. The number of anilines is 1. The molecule has 1 aliphatic rings. The normalized spacial score (nSPS) is 14.5. The lowest BCUT2D eigenvalue weighted by Crippen LogP contribution is -2.43. The zero-order valence-corrected chi connectivity index (χ0v) is 16.1. The van der Waals surface area contributed by atoms with Crippen LogP contribution >= 0.6 is 0 Å². The minimum atomic E-state index is -0.708. The first-order valence-electron chi connectivity index (χ1n) is 9.18. The van der Waals surface area contributed by atoms with E-state index in [1.807, 2.05) is 13.8 Å². The number of nitrogens with zero attached hydrogens (tertiary/aromatic N) is 1. The molecule has 152 valence electrons. The number of rotatable bonds is 6. The van der Waals surface area contributed by atoms with E-state index in [1.165, 1.54) is 6.07 Å². The maximum Gasteiger partial charge on any atom is 0.340 e. The summed E-state index contributed by atoms with van der Waals surface area (Å²) in [5.74, 6) is -1.62. The van der Waals surface area contributed by atoms with E-state index >= 15 is 0 Å². The summed E-state index contributed by atoms with van der Waals surface area (Å²) in [7, 11) is 0. The number of amides is 4. The Kier molecular flexibility index (Phi) is 7.36. The molecule has 9 nitrogen and oxygen atoms in total. The quantitative estimate of drug-likeness (QED) is 0.626. The van der Waals surface area contributed by atoms with Crippen LogP contribution in [0.4, 0.5) is 10.5 Å². The van der Waals surface area contributed by atoms with Crippen LogP contribution in [-0.2, 0) is 14.3 Å². The fourth-order valence-corrected chi connectivity index (χ4v) is 2.90. The van der Waals surface area contributed by atoms with Gasteiger partial charge < -0.3 is 26.0 Å². The summed E-state index contributed by atoms with van der Waals surface area (Å²) in [5.41, 5.74) is 5.73. The predicted molar refractivity (Wildman–Crippen MR) is 103 cm³/mol. The van der Waals surface area contributed by atoms with Gasteiger partial charge in [-0.2, -0.15) is 0 Å². The van der Waals surface area contributed by atoms with Gasteiger partial charge in [0.05, 0.1) is 11.3 Å². The number of urea groups is 1. The molecular formula is C19H26N4O5. The van der Waals surface area contributed by atoms with Crippen molar-refractivity contribution in [2.24, 2.45) is 11.7 Å². The van der Waals surface area contributed by atoms with Gasteiger partial charge in [-0.3, -0.25) is 9.59 Å². The average Bonchev–Trinajstić information content (AvgIpc) is 2.65. The zero-order chi connectivity index (χ0) is 20.7. The minimum absolute atomic E-state index is 0.0598. The molecule has 1 saturated heterocycles. The summed E-state index contributed by atoms with van der Waals surface area (Å²) >= 11 is 0. The fraction of sp³-hybridized carbons (Fsp3) is 0.474. The van der Waals surface area contributed by atoms with E-state index in [4.69, 9.17) is 10.5 Å². The molecule has 0 atom stereocenters. The fourth-order valence-electron chi connectivity index (χ4n) is 2.90. The molecule has 4 N–H and O–H groups in total. The van der Waals surface area contributed by atoms with E-state index < -0.39 is 18.6 Å².